The zero-order valence-electron chi connectivity index (χ0n) is 13.2. The van der Waals surface area contributed by atoms with Gasteiger partial charge in [0.2, 0.25) is 0 Å². The van der Waals surface area contributed by atoms with Gasteiger partial charge in [-0.25, -0.2) is 4.98 Å². The first kappa shape index (κ1) is 13.2. The van der Waals surface area contributed by atoms with E-state index in [2.05, 4.69) is 51.7 Å². The minimum Gasteiger partial charge on any atom is -0.379 e. The van der Waals surface area contributed by atoms with E-state index in [1.54, 1.807) is 0 Å². The Bertz CT molecular complexity index is 777. The first-order chi connectivity index (χ1) is 11.2. The maximum absolute atomic E-state index is 5.89. The van der Waals surface area contributed by atoms with Crippen molar-refractivity contribution in [1.29, 1.82) is 0 Å². The van der Waals surface area contributed by atoms with Gasteiger partial charge in [0.1, 0.15) is 5.82 Å². The number of nitrogens with zero attached hydrogens (tertiary/aromatic N) is 2. The molecule has 3 aliphatic heterocycles. The molecule has 5 rings (SSSR count). The van der Waals surface area contributed by atoms with Crippen LogP contribution in [-0.4, -0.2) is 29.8 Å². The lowest BCUT2D eigenvalue weighted by molar-refractivity contribution is 0.0169. The molecular weight excluding hydrogens is 288 g/mol. The smallest absolute Gasteiger partial charge is 0.135 e. The zero-order valence-corrected chi connectivity index (χ0v) is 13.2. The summed E-state index contributed by atoms with van der Waals surface area (Å²) in [6.07, 6.45) is 2.96. The summed E-state index contributed by atoms with van der Waals surface area (Å²) >= 11 is 0. The molecule has 0 aliphatic carbocycles. The topological polar surface area (TPSA) is 49.4 Å². The van der Waals surface area contributed by atoms with Crippen molar-refractivity contribution in [3.05, 3.63) is 42.1 Å². The third kappa shape index (κ3) is 2.07. The highest BCUT2D eigenvalue weighted by molar-refractivity contribution is 5.80. The molecule has 0 saturated carbocycles. The normalized spacial score (nSPS) is 27.7. The predicted molar refractivity (Wildman–Crippen MR) is 91.4 cm³/mol. The predicted octanol–water partition coefficient (Wildman–Crippen LogP) is 3.12. The van der Waals surface area contributed by atoms with Gasteiger partial charge in [-0.15, -0.1) is 0 Å². The van der Waals surface area contributed by atoms with Crippen molar-refractivity contribution in [3.8, 4) is 0 Å². The number of fused-ring (bicyclic) bond motifs is 4. The molecule has 5 heteroatoms. The molecule has 2 unspecified atom stereocenters. The van der Waals surface area contributed by atoms with Crippen molar-refractivity contribution in [2.75, 3.05) is 28.7 Å². The Hall–Kier alpha value is -2.27. The van der Waals surface area contributed by atoms with E-state index in [0.717, 1.165) is 43.3 Å². The number of hydrogen-bond acceptors (Lipinski definition) is 5. The Morgan fingerprint density at radius 1 is 1.30 bits per heavy atom. The van der Waals surface area contributed by atoms with Crippen molar-refractivity contribution in [3.63, 3.8) is 0 Å². The Morgan fingerprint density at radius 3 is 3.09 bits per heavy atom. The van der Waals surface area contributed by atoms with Crippen LogP contribution < -0.4 is 15.5 Å². The molecule has 2 fully saturated rings. The van der Waals surface area contributed by atoms with Crippen LogP contribution in [0.25, 0.3) is 0 Å². The Kier molecular flexibility index (Phi) is 2.65. The molecule has 2 N–H and O–H groups in total. The second-order valence-corrected chi connectivity index (χ2v) is 6.97. The Balaban J connectivity index is 1.48. The van der Waals surface area contributed by atoms with Crippen molar-refractivity contribution < 1.29 is 4.74 Å². The van der Waals surface area contributed by atoms with Crippen LogP contribution in [0.1, 0.15) is 18.9 Å². The molecule has 0 amide bonds. The number of anilines is 4. The van der Waals surface area contributed by atoms with Crippen LogP contribution >= 0.6 is 0 Å². The fourth-order valence-corrected chi connectivity index (χ4v) is 3.99. The second kappa shape index (κ2) is 4.61. The van der Waals surface area contributed by atoms with Crippen molar-refractivity contribution in [1.82, 2.24) is 4.98 Å². The average molecular weight is 308 g/mol. The third-order valence-electron chi connectivity index (χ3n) is 5.19. The SMILES string of the molecule is CC12CC(CO1)N(c1ccc3c(c1)NCc1cccnc1N3)C2. The van der Waals surface area contributed by atoms with E-state index in [9.17, 15) is 0 Å². The van der Waals surface area contributed by atoms with E-state index in [-0.39, 0.29) is 5.60 Å². The van der Waals surface area contributed by atoms with Crippen LogP contribution in [0.2, 0.25) is 0 Å². The van der Waals surface area contributed by atoms with Gasteiger partial charge in [0.25, 0.3) is 0 Å². The summed E-state index contributed by atoms with van der Waals surface area (Å²) in [5, 5.41) is 6.98. The van der Waals surface area contributed by atoms with Crippen LogP contribution in [0.4, 0.5) is 22.9 Å². The van der Waals surface area contributed by atoms with Gasteiger partial charge >= 0.3 is 0 Å². The van der Waals surface area contributed by atoms with Gasteiger partial charge in [0, 0.05) is 37.0 Å². The van der Waals surface area contributed by atoms with Crippen molar-refractivity contribution >= 4 is 22.9 Å². The van der Waals surface area contributed by atoms with Crippen LogP contribution in [0.5, 0.6) is 0 Å². The van der Waals surface area contributed by atoms with Crippen LogP contribution in [-0.2, 0) is 11.3 Å². The van der Waals surface area contributed by atoms with Gasteiger partial charge in [-0.3, -0.25) is 0 Å². The number of aromatic nitrogens is 1. The van der Waals surface area contributed by atoms with E-state index < -0.39 is 0 Å². The summed E-state index contributed by atoms with van der Waals surface area (Å²) in [4.78, 5) is 6.93. The van der Waals surface area contributed by atoms with Gasteiger partial charge in [-0.1, -0.05) is 6.07 Å². The third-order valence-corrected chi connectivity index (χ3v) is 5.19. The molecule has 2 atom stereocenters. The second-order valence-electron chi connectivity index (χ2n) is 6.97. The zero-order chi connectivity index (χ0) is 15.4. The Labute approximate surface area is 135 Å². The Morgan fingerprint density at radius 2 is 2.26 bits per heavy atom. The first-order valence-corrected chi connectivity index (χ1v) is 8.20. The van der Waals surface area contributed by atoms with Crippen LogP contribution in [0.15, 0.2) is 36.5 Å². The van der Waals surface area contributed by atoms with E-state index in [0.29, 0.717) is 6.04 Å². The fraction of sp³-hybridized carbons (Fsp3) is 0.389. The molecule has 2 aromatic rings. The summed E-state index contributed by atoms with van der Waals surface area (Å²) in [5.74, 6) is 0.938. The summed E-state index contributed by atoms with van der Waals surface area (Å²) in [6.45, 7) is 4.83. The van der Waals surface area contributed by atoms with E-state index >= 15 is 0 Å². The number of ether oxygens (including phenoxy) is 1. The molecular formula is C18H20N4O. The quantitative estimate of drug-likeness (QED) is 0.848. The molecule has 2 bridgehead atoms. The summed E-state index contributed by atoms with van der Waals surface area (Å²) < 4.78 is 5.89. The van der Waals surface area contributed by atoms with Crippen molar-refractivity contribution in [2.24, 2.45) is 0 Å². The number of nitrogens with one attached hydrogen (secondary N) is 2. The molecule has 2 saturated heterocycles. The lowest BCUT2D eigenvalue weighted by Crippen LogP contribution is -2.41. The van der Waals surface area contributed by atoms with E-state index in [1.807, 2.05) is 12.3 Å². The van der Waals surface area contributed by atoms with E-state index in [4.69, 9.17) is 4.74 Å². The number of rotatable bonds is 1. The lowest BCUT2D eigenvalue weighted by Gasteiger charge is -2.32. The molecule has 1 aromatic heterocycles. The molecule has 0 spiro atoms. The van der Waals surface area contributed by atoms with Gasteiger partial charge in [-0.2, -0.15) is 0 Å². The van der Waals surface area contributed by atoms with Gasteiger partial charge < -0.3 is 20.3 Å². The standard InChI is InChI=1S/C18H20N4O/c1-18-8-14(10-23-18)22(11-18)13-4-5-15-16(7-13)20-9-12-3-2-6-19-17(12)21-15/h2-7,14,20H,8-11H2,1H3,(H,19,21). The minimum absolute atomic E-state index is 0.0310. The molecule has 23 heavy (non-hydrogen) atoms. The number of pyridine rings is 1. The largest absolute Gasteiger partial charge is 0.379 e. The maximum Gasteiger partial charge on any atom is 0.135 e. The maximum atomic E-state index is 5.89. The average Bonchev–Trinajstić information content (AvgIpc) is 3.04. The van der Waals surface area contributed by atoms with E-state index in [1.165, 1.54) is 11.3 Å². The lowest BCUT2D eigenvalue weighted by atomic mass is 10.1. The monoisotopic (exact) mass is 308 g/mol. The highest BCUT2D eigenvalue weighted by Gasteiger charge is 2.47. The molecule has 0 radical (unpaired) electrons. The first-order valence-electron chi connectivity index (χ1n) is 8.20. The highest BCUT2D eigenvalue weighted by Crippen LogP contribution is 2.42. The molecule has 1 aromatic carbocycles. The van der Waals surface area contributed by atoms with Crippen molar-refractivity contribution in [2.45, 2.75) is 31.5 Å². The molecule has 118 valence electrons. The van der Waals surface area contributed by atoms with Gasteiger partial charge in [-0.05, 0) is 31.2 Å². The molecule has 3 aliphatic rings. The number of hydrogen-bond donors (Lipinski definition) is 2. The van der Waals surface area contributed by atoms with Crippen LogP contribution in [0, 0.1) is 0 Å². The number of morpholine rings is 1. The summed E-state index contributed by atoms with van der Waals surface area (Å²) in [7, 11) is 0. The number of benzene rings is 1. The fourth-order valence-electron chi connectivity index (χ4n) is 3.99. The van der Waals surface area contributed by atoms with Gasteiger partial charge in [0.15, 0.2) is 0 Å². The molecule has 5 nitrogen and oxygen atoms in total. The molecule has 4 heterocycles. The van der Waals surface area contributed by atoms with Crippen LogP contribution in [0.3, 0.4) is 0 Å². The minimum atomic E-state index is 0.0310. The van der Waals surface area contributed by atoms with Gasteiger partial charge in [0.05, 0.1) is 29.6 Å². The summed E-state index contributed by atoms with van der Waals surface area (Å²) in [6, 6.07) is 11.2. The summed E-state index contributed by atoms with van der Waals surface area (Å²) in [5.41, 5.74) is 4.70. The highest BCUT2D eigenvalue weighted by atomic mass is 16.5.